The summed E-state index contributed by atoms with van der Waals surface area (Å²) in [6.07, 6.45) is 1.02. The predicted molar refractivity (Wildman–Crippen MR) is 83.0 cm³/mol. The van der Waals surface area contributed by atoms with Gasteiger partial charge in [-0.3, -0.25) is 0 Å². The van der Waals surface area contributed by atoms with Crippen molar-refractivity contribution < 1.29 is 4.42 Å². The van der Waals surface area contributed by atoms with Crippen LogP contribution in [0.3, 0.4) is 0 Å². The molecule has 0 aliphatic carbocycles. The van der Waals surface area contributed by atoms with Crippen molar-refractivity contribution in [3.05, 3.63) is 56.4 Å². The minimum Gasteiger partial charge on any atom is -0.452 e. The van der Waals surface area contributed by atoms with Crippen molar-refractivity contribution in [2.75, 3.05) is 6.54 Å². The first-order valence-electron chi connectivity index (χ1n) is 6.05. The fourth-order valence-electron chi connectivity index (χ4n) is 1.87. The molecule has 0 fully saturated rings. The van der Waals surface area contributed by atoms with Crippen molar-refractivity contribution in [3.63, 3.8) is 0 Å². The summed E-state index contributed by atoms with van der Waals surface area (Å²) in [5.74, 6) is 0.810. The summed E-state index contributed by atoms with van der Waals surface area (Å²) in [6, 6.07) is 9.15. The van der Waals surface area contributed by atoms with Crippen LogP contribution >= 0.6 is 39.1 Å². The molecule has 2 nitrogen and oxygen atoms in total. The Bertz CT molecular complexity index is 556. The molecule has 19 heavy (non-hydrogen) atoms. The third-order valence-corrected chi connectivity index (χ3v) is 3.75. The average Bonchev–Trinajstić information content (AvgIpc) is 2.80. The van der Waals surface area contributed by atoms with Gasteiger partial charge in [0.25, 0.3) is 0 Å². The zero-order valence-electron chi connectivity index (χ0n) is 10.4. The normalized spacial score (nSPS) is 12.6. The van der Waals surface area contributed by atoms with Crippen molar-refractivity contribution in [1.29, 1.82) is 0 Å². The summed E-state index contributed by atoms with van der Waals surface area (Å²) in [6.45, 7) is 2.98. The first kappa shape index (κ1) is 14.9. The average molecular weight is 363 g/mol. The van der Waals surface area contributed by atoms with Gasteiger partial charge in [0.15, 0.2) is 4.67 Å². The van der Waals surface area contributed by atoms with E-state index in [2.05, 4.69) is 28.2 Å². The molecule has 0 bridgehead atoms. The molecule has 2 aromatic rings. The molecule has 0 radical (unpaired) electrons. The van der Waals surface area contributed by atoms with Gasteiger partial charge in [0, 0.05) is 10.0 Å². The first-order valence-corrected chi connectivity index (χ1v) is 7.60. The number of furan rings is 1. The number of benzene rings is 1. The Labute approximate surface area is 131 Å². The number of halogens is 3. The molecular formula is C14H14BrCl2NO. The Hall–Kier alpha value is -0.480. The summed E-state index contributed by atoms with van der Waals surface area (Å²) < 4.78 is 6.34. The topological polar surface area (TPSA) is 25.2 Å². The molecule has 0 saturated heterocycles. The van der Waals surface area contributed by atoms with Gasteiger partial charge in [-0.2, -0.15) is 0 Å². The van der Waals surface area contributed by atoms with E-state index in [1.54, 1.807) is 12.1 Å². The second-order valence-electron chi connectivity index (χ2n) is 4.19. The van der Waals surface area contributed by atoms with Crippen LogP contribution in [0.15, 0.2) is 39.4 Å². The van der Waals surface area contributed by atoms with E-state index >= 15 is 0 Å². The van der Waals surface area contributed by atoms with Gasteiger partial charge < -0.3 is 9.73 Å². The SMILES string of the molecule is CCCNC(c1ccc(Br)o1)c1cc(Cl)ccc1Cl. The van der Waals surface area contributed by atoms with E-state index in [9.17, 15) is 0 Å². The fraction of sp³-hybridized carbons (Fsp3) is 0.286. The maximum atomic E-state index is 6.27. The number of rotatable bonds is 5. The van der Waals surface area contributed by atoms with Crippen molar-refractivity contribution >= 4 is 39.1 Å². The minimum absolute atomic E-state index is 0.0996. The summed E-state index contributed by atoms with van der Waals surface area (Å²) in [5.41, 5.74) is 0.921. The molecule has 102 valence electrons. The highest BCUT2D eigenvalue weighted by atomic mass is 79.9. The van der Waals surface area contributed by atoms with Gasteiger partial charge in [0.05, 0.1) is 6.04 Å². The summed E-state index contributed by atoms with van der Waals surface area (Å²) in [5, 5.41) is 4.76. The monoisotopic (exact) mass is 361 g/mol. The van der Waals surface area contributed by atoms with Crippen LogP contribution in [0.1, 0.15) is 30.7 Å². The third kappa shape index (κ3) is 3.76. The number of hydrogen-bond acceptors (Lipinski definition) is 2. The van der Waals surface area contributed by atoms with Crippen molar-refractivity contribution in [1.82, 2.24) is 5.32 Å². The fourth-order valence-corrected chi connectivity index (χ4v) is 2.60. The highest BCUT2D eigenvalue weighted by Gasteiger charge is 2.20. The lowest BCUT2D eigenvalue weighted by molar-refractivity contribution is 0.433. The van der Waals surface area contributed by atoms with E-state index in [1.807, 2.05) is 18.2 Å². The Kier molecular flexibility index (Phi) is 5.34. The highest BCUT2D eigenvalue weighted by molar-refractivity contribution is 9.10. The maximum absolute atomic E-state index is 6.27. The van der Waals surface area contributed by atoms with Crippen LogP contribution in [0.4, 0.5) is 0 Å². The van der Waals surface area contributed by atoms with Gasteiger partial charge >= 0.3 is 0 Å². The molecule has 0 aliphatic heterocycles. The molecule has 0 amide bonds. The van der Waals surface area contributed by atoms with Crippen LogP contribution in [0.5, 0.6) is 0 Å². The first-order chi connectivity index (χ1) is 9.11. The maximum Gasteiger partial charge on any atom is 0.169 e. The van der Waals surface area contributed by atoms with Gasteiger partial charge in [-0.1, -0.05) is 30.1 Å². The zero-order valence-corrected chi connectivity index (χ0v) is 13.5. The molecule has 0 spiro atoms. The van der Waals surface area contributed by atoms with E-state index in [1.165, 1.54) is 0 Å². The van der Waals surface area contributed by atoms with Crippen molar-refractivity contribution in [3.8, 4) is 0 Å². The molecular weight excluding hydrogens is 349 g/mol. The Balaban J connectivity index is 2.39. The number of nitrogens with one attached hydrogen (secondary N) is 1. The van der Waals surface area contributed by atoms with Crippen LogP contribution in [0.25, 0.3) is 0 Å². The molecule has 1 heterocycles. The lowest BCUT2D eigenvalue weighted by Gasteiger charge is -2.18. The summed E-state index contributed by atoms with van der Waals surface area (Å²) in [7, 11) is 0. The second kappa shape index (κ2) is 6.80. The molecule has 2 rings (SSSR count). The number of hydrogen-bond donors (Lipinski definition) is 1. The van der Waals surface area contributed by atoms with E-state index in [-0.39, 0.29) is 6.04 Å². The zero-order chi connectivity index (χ0) is 13.8. The van der Waals surface area contributed by atoms with Crippen molar-refractivity contribution in [2.45, 2.75) is 19.4 Å². The lowest BCUT2D eigenvalue weighted by atomic mass is 10.0. The van der Waals surface area contributed by atoms with Gasteiger partial charge in [-0.05, 0) is 64.8 Å². The van der Waals surface area contributed by atoms with Crippen LogP contribution in [0.2, 0.25) is 10.0 Å². The predicted octanol–water partition coefficient (Wildman–Crippen LogP) is 5.44. The van der Waals surface area contributed by atoms with Crippen LogP contribution in [-0.4, -0.2) is 6.54 Å². The van der Waals surface area contributed by atoms with Gasteiger partial charge in [0.1, 0.15) is 5.76 Å². The van der Waals surface area contributed by atoms with Gasteiger partial charge in [-0.15, -0.1) is 0 Å². The van der Waals surface area contributed by atoms with Gasteiger partial charge in [0.2, 0.25) is 0 Å². The molecule has 1 aromatic heterocycles. The molecule has 1 aromatic carbocycles. The molecule has 0 aliphatic rings. The lowest BCUT2D eigenvalue weighted by Crippen LogP contribution is -2.23. The standard InChI is InChI=1S/C14H14BrCl2NO/c1-2-7-18-14(12-5-6-13(15)19-12)10-8-9(16)3-4-11(10)17/h3-6,8,14,18H,2,7H2,1H3. The molecule has 5 heteroatoms. The second-order valence-corrected chi connectivity index (χ2v) is 5.82. The summed E-state index contributed by atoms with van der Waals surface area (Å²) in [4.78, 5) is 0. The molecule has 1 atom stereocenters. The third-order valence-electron chi connectivity index (χ3n) is 2.75. The van der Waals surface area contributed by atoms with Gasteiger partial charge in [-0.25, -0.2) is 0 Å². The van der Waals surface area contributed by atoms with Crippen LogP contribution in [-0.2, 0) is 0 Å². The largest absolute Gasteiger partial charge is 0.452 e. The van der Waals surface area contributed by atoms with Crippen LogP contribution < -0.4 is 5.32 Å². The van der Waals surface area contributed by atoms with E-state index in [0.29, 0.717) is 14.7 Å². The Morgan fingerprint density at radius 2 is 2.05 bits per heavy atom. The Morgan fingerprint density at radius 1 is 1.26 bits per heavy atom. The highest BCUT2D eigenvalue weighted by Crippen LogP contribution is 2.32. The van der Waals surface area contributed by atoms with Crippen LogP contribution in [0, 0.1) is 0 Å². The Morgan fingerprint density at radius 3 is 2.68 bits per heavy atom. The quantitative estimate of drug-likeness (QED) is 0.766. The van der Waals surface area contributed by atoms with Crippen molar-refractivity contribution in [2.24, 2.45) is 0 Å². The van der Waals surface area contributed by atoms with E-state index in [0.717, 1.165) is 24.3 Å². The van der Waals surface area contributed by atoms with E-state index < -0.39 is 0 Å². The van der Waals surface area contributed by atoms with E-state index in [4.69, 9.17) is 27.6 Å². The smallest absolute Gasteiger partial charge is 0.169 e. The summed E-state index contributed by atoms with van der Waals surface area (Å²) >= 11 is 15.7. The molecule has 0 saturated carbocycles. The molecule has 1 unspecified atom stereocenters. The molecule has 1 N–H and O–H groups in total. The minimum atomic E-state index is -0.0996.